The van der Waals surface area contributed by atoms with Crippen LogP contribution in [0, 0.1) is 0 Å². The molecule has 0 bridgehead atoms. The fourth-order valence-corrected chi connectivity index (χ4v) is 2.78. The van der Waals surface area contributed by atoms with E-state index >= 15 is 0 Å². The first-order valence-electron chi connectivity index (χ1n) is 6.98. The van der Waals surface area contributed by atoms with Crippen molar-refractivity contribution in [2.75, 3.05) is 0 Å². The van der Waals surface area contributed by atoms with Gasteiger partial charge in [-0.1, -0.05) is 24.3 Å². The molecule has 5 heteroatoms. The summed E-state index contributed by atoms with van der Waals surface area (Å²) in [4.78, 5) is 24.4. The second kappa shape index (κ2) is 6.75. The fourth-order valence-electron chi connectivity index (χ4n) is 1.83. The van der Waals surface area contributed by atoms with Gasteiger partial charge in [0.1, 0.15) is 11.9 Å². The van der Waals surface area contributed by atoms with Crippen molar-refractivity contribution >= 4 is 23.7 Å². The molecule has 116 valence electrons. The highest BCUT2D eigenvalue weighted by Crippen LogP contribution is 2.28. The number of hydrogen-bond acceptors (Lipinski definition) is 4. The van der Waals surface area contributed by atoms with Crippen molar-refractivity contribution in [1.29, 1.82) is 0 Å². The summed E-state index contributed by atoms with van der Waals surface area (Å²) in [5, 5.41) is 2.74. The summed E-state index contributed by atoms with van der Waals surface area (Å²) in [5.41, 5.74) is 1.22. The molecule has 1 aromatic carbocycles. The molecule has 0 spiro atoms. The second-order valence-corrected chi connectivity index (χ2v) is 7.03. The number of thiophene rings is 1. The van der Waals surface area contributed by atoms with Crippen LogP contribution in [-0.4, -0.2) is 18.0 Å². The van der Waals surface area contributed by atoms with Crippen LogP contribution < -0.4 is 5.32 Å². The first kappa shape index (κ1) is 16.2. The van der Waals surface area contributed by atoms with Gasteiger partial charge in [-0.05, 0) is 38.5 Å². The second-order valence-electron chi connectivity index (χ2n) is 5.86. The maximum atomic E-state index is 11.6. The SMILES string of the molecule is CC(C)(C)OC(=O)NCc1ccc(-c2ccc(C=O)cc2)s1. The zero-order valence-electron chi connectivity index (χ0n) is 12.9. The number of alkyl carbamates (subject to hydrolysis) is 1. The average Bonchev–Trinajstić information content (AvgIpc) is 2.92. The third-order valence-corrected chi connectivity index (χ3v) is 3.93. The van der Waals surface area contributed by atoms with E-state index in [1.807, 2.05) is 45.0 Å². The largest absolute Gasteiger partial charge is 0.444 e. The molecular formula is C17H19NO3S. The molecule has 4 nitrogen and oxygen atoms in total. The zero-order chi connectivity index (χ0) is 16.2. The standard InChI is InChI=1S/C17H19NO3S/c1-17(2,3)21-16(20)18-10-14-8-9-15(22-14)13-6-4-12(11-19)5-7-13/h4-9,11H,10H2,1-3H3,(H,18,20). The molecule has 0 aliphatic heterocycles. The van der Waals surface area contributed by atoms with E-state index in [1.54, 1.807) is 23.5 Å². The van der Waals surface area contributed by atoms with Crippen LogP contribution in [0.1, 0.15) is 36.0 Å². The van der Waals surface area contributed by atoms with E-state index in [2.05, 4.69) is 5.32 Å². The average molecular weight is 317 g/mol. The Morgan fingerprint density at radius 2 is 1.86 bits per heavy atom. The van der Waals surface area contributed by atoms with Crippen LogP contribution in [0.25, 0.3) is 10.4 Å². The number of amides is 1. The Morgan fingerprint density at radius 1 is 1.18 bits per heavy atom. The van der Waals surface area contributed by atoms with Crippen molar-refractivity contribution in [2.24, 2.45) is 0 Å². The third kappa shape index (κ3) is 4.70. The molecule has 2 aromatic rings. The lowest BCUT2D eigenvalue weighted by molar-refractivity contribution is 0.0524. The highest BCUT2D eigenvalue weighted by Gasteiger charge is 2.15. The van der Waals surface area contributed by atoms with Crippen LogP contribution in [0.4, 0.5) is 4.79 Å². The molecule has 1 aromatic heterocycles. The van der Waals surface area contributed by atoms with E-state index in [-0.39, 0.29) is 0 Å². The van der Waals surface area contributed by atoms with E-state index in [0.29, 0.717) is 12.1 Å². The van der Waals surface area contributed by atoms with Gasteiger partial charge in [0.25, 0.3) is 0 Å². The normalized spacial score (nSPS) is 11.0. The minimum absolute atomic E-state index is 0.419. The van der Waals surface area contributed by atoms with Crippen molar-refractivity contribution < 1.29 is 14.3 Å². The maximum absolute atomic E-state index is 11.6. The molecule has 22 heavy (non-hydrogen) atoms. The summed E-state index contributed by atoms with van der Waals surface area (Å²) in [6.45, 7) is 5.93. The molecule has 0 unspecified atom stereocenters. The van der Waals surface area contributed by atoms with Crippen LogP contribution in [0.5, 0.6) is 0 Å². The van der Waals surface area contributed by atoms with E-state index in [0.717, 1.165) is 21.6 Å². The number of aldehydes is 1. The Balaban J connectivity index is 1.96. The Bertz CT molecular complexity index is 653. The minimum atomic E-state index is -0.495. The topological polar surface area (TPSA) is 55.4 Å². The molecular weight excluding hydrogens is 298 g/mol. The van der Waals surface area contributed by atoms with Crippen LogP contribution in [0.2, 0.25) is 0 Å². The van der Waals surface area contributed by atoms with Crippen molar-refractivity contribution in [2.45, 2.75) is 32.9 Å². The highest BCUT2D eigenvalue weighted by molar-refractivity contribution is 7.15. The molecule has 0 aliphatic carbocycles. The molecule has 2 rings (SSSR count). The molecule has 0 aliphatic rings. The van der Waals surface area contributed by atoms with Gasteiger partial charge in [-0.3, -0.25) is 4.79 Å². The molecule has 0 saturated carbocycles. The van der Waals surface area contributed by atoms with Crippen molar-refractivity contribution in [3.05, 3.63) is 46.8 Å². The smallest absolute Gasteiger partial charge is 0.407 e. The number of hydrogen-bond donors (Lipinski definition) is 1. The predicted octanol–water partition coefficient (Wildman–Crippen LogP) is 4.25. The number of carbonyl (C=O) groups is 2. The monoisotopic (exact) mass is 317 g/mol. The first-order chi connectivity index (χ1) is 10.4. The summed E-state index contributed by atoms with van der Waals surface area (Å²) in [6.07, 6.45) is 0.409. The summed E-state index contributed by atoms with van der Waals surface area (Å²) in [5.74, 6) is 0. The summed E-state index contributed by atoms with van der Waals surface area (Å²) >= 11 is 1.60. The number of rotatable bonds is 4. The van der Waals surface area contributed by atoms with E-state index in [4.69, 9.17) is 4.74 Å². The predicted molar refractivity (Wildman–Crippen MR) is 88.2 cm³/mol. The molecule has 0 fully saturated rings. The number of ether oxygens (including phenoxy) is 1. The van der Waals surface area contributed by atoms with Gasteiger partial charge in [-0.15, -0.1) is 11.3 Å². The van der Waals surface area contributed by atoms with Crippen LogP contribution >= 0.6 is 11.3 Å². The van der Waals surface area contributed by atoms with Crippen LogP contribution in [-0.2, 0) is 11.3 Å². The molecule has 0 atom stereocenters. The van der Waals surface area contributed by atoms with Gasteiger partial charge in [-0.2, -0.15) is 0 Å². The molecule has 1 heterocycles. The molecule has 0 saturated heterocycles. The van der Waals surface area contributed by atoms with E-state index < -0.39 is 11.7 Å². The number of nitrogens with one attached hydrogen (secondary N) is 1. The minimum Gasteiger partial charge on any atom is -0.444 e. The Hall–Kier alpha value is -2.14. The lowest BCUT2D eigenvalue weighted by atomic mass is 10.1. The van der Waals surface area contributed by atoms with Crippen molar-refractivity contribution in [1.82, 2.24) is 5.32 Å². The molecule has 0 radical (unpaired) electrons. The van der Waals surface area contributed by atoms with Gasteiger partial charge in [0, 0.05) is 15.3 Å². The van der Waals surface area contributed by atoms with Gasteiger partial charge < -0.3 is 10.1 Å². The highest BCUT2D eigenvalue weighted by atomic mass is 32.1. The Labute approximate surface area is 134 Å². The first-order valence-corrected chi connectivity index (χ1v) is 7.80. The zero-order valence-corrected chi connectivity index (χ0v) is 13.7. The van der Waals surface area contributed by atoms with Crippen molar-refractivity contribution in [3.8, 4) is 10.4 Å². The Morgan fingerprint density at radius 3 is 2.45 bits per heavy atom. The van der Waals surface area contributed by atoms with Gasteiger partial charge in [0.2, 0.25) is 0 Å². The van der Waals surface area contributed by atoms with Gasteiger partial charge >= 0.3 is 6.09 Å². The van der Waals surface area contributed by atoms with Gasteiger partial charge in [0.05, 0.1) is 6.54 Å². The van der Waals surface area contributed by atoms with Gasteiger partial charge in [-0.25, -0.2) is 4.79 Å². The van der Waals surface area contributed by atoms with Crippen LogP contribution in [0.15, 0.2) is 36.4 Å². The fraction of sp³-hybridized carbons (Fsp3) is 0.294. The number of benzene rings is 1. The maximum Gasteiger partial charge on any atom is 0.407 e. The number of carbonyl (C=O) groups excluding carboxylic acids is 2. The molecule has 1 amide bonds. The molecule has 1 N–H and O–H groups in total. The summed E-state index contributed by atoms with van der Waals surface area (Å²) < 4.78 is 5.20. The lowest BCUT2D eigenvalue weighted by Gasteiger charge is -2.19. The Kier molecular flexibility index (Phi) is 4.98. The lowest BCUT2D eigenvalue weighted by Crippen LogP contribution is -2.31. The quantitative estimate of drug-likeness (QED) is 0.858. The van der Waals surface area contributed by atoms with Gasteiger partial charge in [0.15, 0.2) is 0 Å². The van der Waals surface area contributed by atoms with Crippen LogP contribution in [0.3, 0.4) is 0 Å². The third-order valence-electron chi connectivity index (χ3n) is 2.80. The van der Waals surface area contributed by atoms with E-state index in [1.165, 1.54) is 0 Å². The van der Waals surface area contributed by atoms with E-state index in [9.17, 15) is 9.59 Å². The van der Waals surface area contributed by atoms with Crippen molar-refractivity contribution in [3.63, 3.8) is 0 Å². The summed E-state index contributed by atoms with van der Waals surface area (Å²) in [6, 6.07) is 11.4. The summed E-state index contributed by atoms with van der Waals surface area (Å²) in [7, 11) is 0.